The zero-order valence-electron chi connectivity index (χ0n) is 17.7. The molecule has 0 aliphatic carbocycles. The summed E-state index contributed by atoms with van der Waals surface area (Å²) in [5.74, 6) is -0.117. The predicted molar refractivity (Wildman–Crippen MR) is 107 cm³/mol. The summed E-state index contributed by atoms with van der Waals surface area (Å²) in [5.41, 5.74) is 0. The molecule has 0 unspecified atom stereocenters. The van der Waals surface area contributed by atoms with Crippen molar-refractivity contribution in [2.24, 2.45) is 0 Å². The highest BCUT2D eigenvalue weighted by Crippen LogP contribution is 2.13. The van der Waals surface area contributed by atoms with Gasteiger partial charge in [0.15, 0.2) is 0 Å². The first-order valence-electron chi connectivity index (χ1n) is 10.8. The largest absolute Gasteiger partial charge is 0.463 e. The van der Waals surface area contributed by atoms with Crippen molar-refractivity contribution in [3.8, 4) is 0 Å². The molecule has 0 N–H and O–H groups in total. The van der Waals surface area contributed by atoms with Crippen LogP contribution in [0, 0.1) is 0 Å². The van der Waals surface area contributed by atoms with E-state index in [-0.39, 0.29) is 24.1 Å². The minimum atomic E-state index is -0.0585. The molecular weight excluding hydrogens is 328 g/mol. The maximum atomic E-state index is 11.4. The average molecular weight is 371 g/mol. The van der Waals surface area contributed by atoms with Gasteiger partial charge in [0, 0.05) is 12.8 Å². The fraction of sp³-hybridized carbons (Fsp3) is 0.909. The zero-order valence-corrected chi connectivity index (χ0v) is 17.7. The van der Waals surface area contributed by atoms with Crippen molar-refractivity contribution in [1.82, 2.24) is 0 Å². The summed E-state index contributed by atoms with van der Waals surface area (Å²) in [6.07, 6.45) is 15.5. The maximum Gasteiger partial charge on any atom is 0.306 e. The molecule has 0 amide bonds. The van der Waals surface area contributed by atoms with Gasteiger partial charge in [-0.05, 0) is 40.5 Å². The molecule has 0 radical (unpaired) electrons. The van der Waals surface area contributed by atoms with E-state index in [2.05, 4.69) is 0 Å². The van der Waals surface area contributed by atoms with E-state index in [4.69, 9.17) is 9.47 Å². The van der Waals surface area contributed by atoms with Crippen molar-refractivity contribution in [3.63, 3.8) is 0 Å². The second kappa shape index (κ2) is 17.4. The summed E-state index contributed by atoms with van der Waals surface area (Å²) in [6.45, 7) is 7.56. The standard InChI is InChI=1S/C22H42O4/c1-19(2)25-21(23)17-15-13-11-9-7-5-6-8-10-12-14-16-18-22(24)26-20(3)4/h19-20H,5-18H2,1-4H3. The first-order chi connectivity index (χ1) is 12.4. The zero-order chi connectivity index (χ0) is 19.6. The van der Waals surface area contributed by atoms with Gasteiger partial charge in [0.2, 0.25) is 0 Å². The molecule has 0 bridgehead atoms. The highest BCUT2D eigenvalue weighted by molar-refractivity contribution is 5.69. The van der Waals surface area contributed by atoms with Crippen LogP contribution in [0.1, 0.15) is 118 Å². The quantitative estimate of drug-likeness (QED) is 0.221. The van der Waals surface area contributed by atoms with Crippen molar-refractivity contribution in [3.05, 3.63) is 0 Å². The van der Waals surface area contributed by atoms with Crippen molar-refractivity contribution < 1.29 is 19.1 Å². The molecule has 0 aromatic rings. The lowest BCUT2D eigenvalue weighted by atomic mass is 10.0. The van der Waals surface area contributed by atoms with Gasteiger partial charge in [0.1, 0.15) is 0 Å². The SMILES string of the molecule is CC(C)OC(=O)CCCCCCCCCCCCCCC(=O)OC(C)C. The summed E-state index contributed by atoms with van der Waals surface area (Å²) in [4.78, 5) is 22.8. The summed E-state index contributed by atoms with van der Waals surface area (Å²) in [7, 11) is 0. The van der Waals surface area contributed by atoms with Crippen LogP contribution < -0.4 is 0 Å². The first kappa shape index (κ1) is 24.9. The van der Waals surface area contributed by atoms with E-state index < -0.39 is 0 Å². The lowest BCUT2D eigenvalue weighted by molar-refractivity contribution is -0.148. The summed E-state index contributed by atoms with van der Waals surface area (Å²) < 4.78 is 10.2. The predicted octanol–water partition coefficient (Wildman–Crippen LogP) is 6.35. The molecule has 26 heavy (non-hydrogen) atoms. The minimum Gasteiger partial charge on any atom is -0.463 e. The normalized spacial score (nSPS) is 11.2. The molecule has 0 saturated carbocycles. The van der Waals surface area contributed by atoms with Gasteiger partial charge in [-0.3, -0.25) is 9.59 Å². The molecule has 0 fully saturated rings. The summed E-state index contributed by atoms with van der Waals surface area (Å²) in [6, 6.07) is 0. The fourth-order valence-electron chi connectivity index (χ4n) is 2.95. The average Bonchev–Trinajstić information content (AvgIpc) is 2.53. The fourth-order valence-corrected chi connectivity index (χ4v) is 2.95. The monoisotopic (exact) mass is 370 g/mol. The Hall–Kier alpha value is -1.06. The van der Waals surface area contributed by atoms with Crippen molar-refractivity contribution >= 4 is 11.9 Å². The number of rotatable bonds is 17. The van der Waals surface area contributed by atoms with E-state index >= 15 is 0 Å². The molecule has 4 heteroatoms. The van der Waals surface area contributed by atoms with Crippen LogP contribution in [0.4, 0.5) is 0 Å². The van der Waals surface area contributed by atoms with E-state index in [1.807, 2.05) is 27.7 Å². The van der Waals surface area contributed by atoms with Gasteiger partial charge in [0.05, 0.1) is 12.2 Å². The Labute approximate surface area is 161 Å². The van der Waals surface area contributed by atoms with Gasteiger partial charge >= 0.3 is 11.9 Å². The number of hydrogen-bond acceptors (Lipinski definition) is 4. The lowest BCUT2D eigenvalue weighted by Crippen LogP contribution is -2.10. The van der Waals surface area contributed by atoms with Crippen LogP contribution in [-0.2, 0) is 19.1 Å². The first-order valence-corrected chi connectivity index (χ1v) is 10.8. The molecule has 0 aliphatic rings. The summed E-state index contributed by atoms with van der Waals surface area (Å²) >= 11 is 0. The van der Waals surface area contributed by atoms with Gasteiger partial charge in [0.25, 0.3) is 0 Å². The van der Waals surface area contributed by atoms with E-state index in [0.29, 0.717) is 12.8 Å². The Morgan fingerprint density at radius 2 is 0.731 bits per heavy atom. The molecule has 0 heterocycles. The number of hydrogen-bond donors (Lipinski definition) is 0. The second-order valence-corrected chi connectivity index (χ2v) is 7.82. The van der Waals surface area contributed by atoms with Crippen molar-refractivity contribution in [2.45, 2.75) is 130 Å². The van der Waals surface area contributed by atoms with Gasteiger partial charge in [-0.2, -0.15) is 0 Å². The van der Waals surface area contributed by atoms with Crippen LogP contribution in [-0.4, -0.2) is 24.1 Å². The van der Waals surface area contributed by atoms with Gasteiger partial charge < -0.3 is 9.47 Å². The van der Waals surface area contributed by atoms with E-state index in [0.717, 1.165) is 25.7 Å². The lowest BCUT2D eigenvalue weighted by Gasteiger charge is -2.07. The van der Waals surface area contributed by atoms with Crippen LogP contribution in [0.5, 0.6) is 0 Å². The van der Waals surface area contributed by atoms with E-state index in [1.165, 1.54) is 51.4 Å². The molecule has 0 aromatic carbocycles. The second-order valence-electron chi connectivity index (χ2n) is 7.82. The molecule has 0 atom stereocenters. The van der Waals surface area contributed by atoms with Crippen LogP contribution >= 0.6 is 0 Å². The molecule has 0 aliphatic heterocycles. The highest BCUT2D eigenvalue weighted by Gasteiger charge is 2.05. The Balaban J connectivity index is 3.18. The number of ether oxygens (including phenoxy) is 2. The smallest absolute Gasteiger partial charge is 0.306 e. The molecular formula is C22H42O4. The van der Waals surface area contributed by atoms with Gasteiger partial charge in [-0.25, -0.2) is 0 Å². The summed E-state index contributed by atoms with van der Waals surface area (Å²) in [5, 5.41) is 0. The molecule has 4 nitrogen and oxygen atoms in total. The molecule has 0 saturated heterocycles. The highest BCUT2D eigenvalue weighted by atomic mass is 16.5. The van der Waals surface area contributed by atoms with Gasteiger partial charge in [-0.1, -0.05) is 64.2 Å². The van der Waals surface area contributed by atoms with Crippen molar-refractivity contribution in [1.29, 1.82) is 0 Å². The molecule has 0 rings (SSSR count). The number of carbonyl (C=O) groups is 2. The third-order valence-electron chi connectivity index (χ3n) is 4.25. The van der Waals surface area contributed by atoms with Crippen LogP contribution in [0.25, 0.3) is 0 Å². The van der Waals surface area contributed by atoms with Crippen LogP contribution in [0.2, 0.25) is 0 Å². The molecule has 154 valence electrons. The third kappa shape index (κ3) is 19.3. The van der Waals surface area contributed by atoms with E-state index in [9.17, 15) is 9.59 Å². The minimum absolute atomic E-state index is 0.00360. The maximum absolute atomic E-state index is 11.4. The van der Waals surface area contributed by atoms with Crippen LogP contribution in [0.15, 0.2) is 0 Å². The Morgan fingerprint density at radius 1 is 0.500 bits per heavy atom. The van der Waals surface area contributed by atoms with Crippen LogP contribution in [0.3, 0.4) is 0 Å². The Bertz CT molecular complexity index is 316. The molecule has 0 spiro atoms. The number of unbranched alkanes of at least 4 members (excludes halogenated alkanes) is 11. The Morgan fingerprint density at radius 3 is 0.962 bits per heavy atom. The Kier molecular flexibility index (Phi) is 16.7. The van der Waals surface area contributed by atoms with E-state index in [1.54, 1.807) is 0 Å². The topological polar surface area (TPSA) is 52.6 Å². The number of esters is 2. The van der Waals surface area contributed by atoms with Crippen molar-refractivity contribution in [2.75, 3.05) is 0 Å². The van der Waals surface area contributed by atoms with Gasteiger partial charge in [-0.15, -0.1) is 0 Å². The molecule has 0 aromatic heterocycles. The third-order valence-corrected chi connectivity index (χ3v) is 4.25. The number of carbonyl (C=O) groups excluding carboxylic acids is 2.